The van der Waals surface area contributed by atoms with Crippen LogP contribution in [0.25, 0.3) is 0 Å². The van der Waals surface area contributed by atoms with Gasteiger partial charge in [0.1, 0.15) is 36.4 Å². The van der Waals surface area contributed by atoms with Gasteiger partial charge in [0, 0.05) is 0 Å². The zero-order valence-electron chi connectivity index (χ0n) is 21.1. The van der Waals surface area contributed by atoms with E-state index in [1.807, 2.05) is 13.8 Å². The van der Waals surface area contributed by atoms with Crippen molar-refractivity contribution in [3.05, 3.63) is 0 Å². The molecule has 0 radical (unpaired) electrons. The first-order chi connectivity index (χ1) is 16.5. The van der Waals surface area contributed by atoms with Gasteiger partial charge in [-0.3, -0.25) is 14.4 Å². The molecule has 0 aromatic carbocycles. The number of ether oxygens (including phenoxy) is 3. The van der Waals surface area contributed by atoms with E-state index >= 15 is 0 Å². The zero-order valence-corrected chi connectivity index (χ0v) is 21.1. The van der Waals surface area contributed by atoms with Gasteiger partial charge < -0.3 is 30.2 Å². The summed E-state index contributed by atoms with van der Waals surface area (Å²) in [6, 6.07) is -4.10. The number of rotatable bonds is 1. The monoisotopic (exact) mass is 490 g/mol. The second-order valence-electron chi connectivity index (χ2n) is 9.90. The van der Waals surface area contributed by atoms with E-state index in [0.29, 0.717) is 5.90 Å². The van der Waals surface area contributed by atoms with E-state index < -0.39 is 54.6 Å². The average Bonchev–Trinajstić information content (AvgIpc) is 3.47. The maximum absolute atomic E-state index is 13.2. The van der Waals surface area contributed by atoms with Gasteiger partial charge in [0.15, 0.2) is 18.1 Å². The van der Waals surface area contributed by atoms with Gasteiger partial charge in [-0.1, -0.05) is 13.8 Å². The summed E-state index contributed by atoms with van der Waals surface area (Å²) in [5, 5.41) is 8.67. The molecule has 4 rings (SSSR count). The van der Waals surface area contributed by atoms with E-state index in [0.717, 1.165) is 0 Å². The summed E-state index contributed by atoms with van der Waals surface area (Å²) in [6.07, 6.45) is -1.57. The molecule has 0 aromatic heterocycles. The number of nitrogens with zero attached hydrogens (tertiary/aromatic N) is 3. The van der Waals surface area contributed by atoms with E-state index in [1.165, 1.54) is 0 Å². The van der Waals surface area contributed by atoms with E-state index in [-0.39, 0.29) is 35.4 Å². The Balaban J connectivity index is 1.69. The van der Waals surface area contributed by atoms with Gasteiger partial charge in [-0.25, -0.2) is 15.0 Å². The van der Waals surface area contributed by atoms with Crippen LogP contribution >= 0.6 is 0 Å². The Bertz CT molecular complexity index is 993. The molecule has 4 aliphatic rings. The number of carbonyl (C=O) groups excluding carboxylic acids is 3. The van der Waals surface area contributed by atoms with Gasteiger partial charge >= 0.3 is 0 Å². The number of hydrogen-bond acceptors (Lipinski definition) is 9. The number of amides is 3. The Morgan fingerprint density at radius 3 is 1.34 bits per heavy atom. The van der Waals surface area contributed by atoms with E-state index in [4.69, 9.17) is 14.2 Å². The number of fused-ring (bicyclic) bond motifs is 3. The van der Waals surface area contributed by atoms with Gasteiger partial charge in [0.25, 0.3) is 0 Å². The highest BCUT2D eigenvalue weighted by atomic mass is 16.5. The molecule has 6 bridgehead atoms. The minimum atomic E-state index is -0.804. The predicted molar refractivity (Wildman–Crippen MR) is 127 cm³/mol. The summed E-state index contributed by atoms with van der Waals surface area (Å²) in [4.78, 5) is 52.5. The molecule has 3 N–H and O–H groups in total. The molecule has 3 amide bonds. The number of carbonyl (C=O) groups is 3. The summed E-state index contributed by atoms with van der Waals surface area (Å²) in [5.41, 5.74) is 0. The summed E-state index contributed by atoms with van der Waals surface area (Å²) in [6.45, 7) is 12.6. The van der Waals surface area contributed by atoms with Crippen LogP contribution in [0.4, 0.5) is 0 Å². The molecule has 0 spiro atoms. The molecule has 4 heterocycles. The zero-order chi connectivity index (χ0) is 25.6. The maximum Gasteiger partial charge on any atom is 0.249 e. The highest BCUT2D eigenvalue weighted by Gasteiger charge is 2.43. The Labute approximate surface area is 204 Å². The van der Waals surface area contributed by atoms with Crippen LogP contribution in [-0.2, 0) is 28.6 Å². The minimum Gasteiger partial charge on any atom is -0.474 e. The standard InChI is InChI=1S/C23H34N6O6/c1-8(2)14-23-29-16(13(7)35-23)19(31)25-9(3)21-27-15(11(5)33-21)18(30)24-10(4)22-28-17(12(6)34-22)20(32)26-14/h8-17H,1-7H3,(H,24,30)(H,25,31)(H,26,32)/t9-,10+,11+,12+,13-,14+,15+,16+,17+/m1/s1. The molecule has 0 saturated carbocycles. The topological polar surface area (TPSA) is 152 Å². The van der Waals surface area contributed by atoms with Crippen LogP contribution in [0.15, 0.2) is 15.0 Å². The van der Waals surface area contributed by atoms with Crippen molar-refractivity contribution in [2.45, 2.75) is 103 Å². The fourth-order valence-corrected chi connectivity index (χ4v) is 4.45. The quantitative estimate of drug-likeness (QED) is 0.459. The predicted octanol–water partition coefficient (Wildman–Crippen LogP) is -0.292. The van der Waals surface area contributed by atoms with Gasteiger partial charge in [-0.2, -0.15) is 0 Å². The summed E-state index contributed by atoms with van der Waals surface area (Å²) >= 11 is 0. The maximum atomic E-state index is 13.2. The molecular formula is C23H34N6O6. The fourth-order valence-electron chi connectivity index (χ4n) is 4.45. The van der Waals surface area contributed by atoms with Crippen molar-refractivity contribution < 1.29 is 28.6 Å². The molecule has 0 fully saturated rings. The number of aliphatic imine (C=N–C) groups is 3. The lowest BCUT2D eigenvalue weighted by atomic mass is 10.0. The van der Waals surface area contributed by atoms with Gasteiger partial charge in [-0.15, -0.1) is 0 Å². The van der Waals surface area contributed by atoms with Crippen LogP contribution in [-0.4, -0.2) is 90.0 Å². The first-order valence-corrected chi connectivity index (χ1v) is 12.1. The molecule has 12 nitrogen and oxygen atoms in total. The summed E-state index contributed by atoms with van der Waals surface area (Å²) in [7, 11) is 0. The van der Waals surface area contributed by atoms with Crippen molar-refractivity contribution in [3.63, 3.8) is 0 Å². The second kappa shape index (κ2) is 9.46. The van der Waals surface area contributed by atoms with Crippen LogP contribution in [0.2, 0.25) is 0 Å². The number of nitrogens with one attached hydrogen (secondary N) is 3. The van der Waals surface area contributed by atoms with Crippen LogP contribution in [0.1, 0.15) is 48.5 Å². The SMILES string of the molecule is CC(C)[C@@H]1NC(=O)[C@H]2N=C(O[C@H]2C)[C@H](C)NC(=O)[C@H]2N=C(O[C@H]2C)[C@@H](C)NC(=O)[C@H]2N=C1O[C@@H]2C. The summed E-state index contributed by atoms with van der Waals surface area (Å²) < 4.78 is 17.5. The molecule has 4 aliphatic heterocycles. The third-order valence-corrected chi connectivity index (χ3v) is 6.55. The van der Waals surface area contributed by atoms with E-state index in [2.05, 4.69) is 30.9 Å². The third kappa shape index (κ3) is 4.83. The first kappa shape index (κ1) is 24.9. The van der Waals surface area contributed by atoms with Gasteiger partial charge in [-0.05, 0) is 40.5 Å². The van der Waals surface area contributed by atoms with E-state index in [1.54, 1.807) is 34.6 Å². The van der Waals surface area contributed by atoms with Crippen molar-refractivity contribution in [1.82, 2.24) is 16.0 Å². The summed E-state index contributed by atoms with van der Waals surface area (Å²) in [5.74, 6) is -0.289. The van der Waals surface area contributed by atoms with Crippen LogP contribution in [0.5, 0.6) is 0 Å². The lowest BCUT2D eigenvalue weighted by Crippen LogP contribution is -2.49. The third-order valence-electron chi connectivity index (χ3n) is 6.55. The molecule has 0 saturated heterocycles. The number of hydrogen-bond donors (Lipinski definition) is 3. The van der Waals surface area contributed by atoms with Crippen LogP contribution < -0.4 is 16.0 Å². The smallest absolute Gasteiger partial charge is 0.249 e. The van der Waals surface area contributed by atoms with Gasteiger partial charge in [0.2, 0.25) is 35.4 Å². The van der Waals surface area contributed by atoms with Gasteiger partial charge in [0.05, 0.1) is 0 Å². The second-order valence-corrected chi connectivity index (χ2v) is 9.90. The molecule has 0 aromatic rings. The molecule has 0 unspecified atom stereocenters. The molecule has 12 heteroatoms. The van der Waals surface area contributed by atoms with Crippen molar-refractivity contribution in [2.75, 3.05) is 0 Å². The molecule has 0 aliphatic carbocycles. The largest absolute Gasteiger partial charge is 0.474 e. The average molecular weight is 491 g/mol. The first-order valence-electron chi connectivity index (χ1n) is 12.1. The van der Waals surface area contributed by atoms with Crippen LogP contribution in [0, 0.1) is 5.92 Å². The molecule has 192 valence electrons. The highest BCUT2D eigenvalue weighted by Crippen LogP contribution is 2.22. The van der Waals surface area contributed by atoms with Crippen molar-refractivity contribution in [3.8, 4) is 0 Å². The Hall–Kier alpha value is -3.18. The molecular weight excluding hydrogens is 456 g/mol. The van der Waals surface area contributed by atoms with Crippen molar-refractivity contribution >= 4 is 35.4 Å². The van der Waals surface area contributed by atoms with E-state index in [9.17, 15) is 14.4 Å². The Morgan fingerprint density at radius 2 is 0.943 bits per heavy atom. The van der Waals surface area contributed by atoms with Crippen molar-refractivity contribution in [2.24, 2.45) is 20.9 Å². The Morgan fingerprint density at radius 1 is 0.600 bits per heavy atom. The highest BCUT2D eigenvalue weighted by molar-refractivity contribution is 5.99. The van der Waals surface area contributed by atoms with Crippen LogP contribution in [0.3, 0.4) is 0 Å². The Kier molecular flexibility index (Phi) is 6.74. The minimum absolute atomic E-state index is 0.0600. The lowest BCUT2D eigenvalue weighted by molar-refractivity contribution is -0.125. The fraction of sp³-hybridized carbons (Fsp3) is 0.739. The normalized spacial score (nSPS) is 39.6. The molecule has 9 atom stereocenters. The molecule has 35 heavy (non-hydrogen) atoms. The van der Waals surface area contributed by atoms with Crippen molar-refractivity contribution in [1.29, 1.82) is 0 Å². The lowest BCUT2D eigenvalue weighted by Gasteiger charge is -2.24.